The van der Waals surface area contributed by atoms with Gasteiger partial charge in [-0.05, 0) is 91.2 Å². The number of para-hydroxylation sites is 4. The first-order valence-electron chi connectivity index (χ1n) is 16.0. The van der Waals surface area contributed by atoms with Crippen LogP contribution in [0.2, 0.25) is 0 Å². The van der Waals surface area contributed by atoms with Crippen molar-refractivity contribution in [3.8, 4) is 5.69 Å². The van der Waals surface area contributed by atoms with Gasteiger partial charge in [-0.1, -0.05) is 84.9 Å². The van der Waals surface area contributed by atoms with Crippen LogP contribution >= 0.6 is 0 Å². The minimum absolute atomic E-state index is 0.593. The van der Waals surface area contributed by atoms with E-state index in [1.54, 1.807) is 0 Å². The Morgan fingerprint density at radius 3 is 1.76 bits per heavy atom. The van der Waals surface area contributed by atoms with Crippen LogP contribution in [-0.2, 0) is 0 Å². The lowest BCUT2D eigenvalue weighted by Gasteiger charge is -2.27. The summed E-state index contributed by atoms with van der Waals surface area (Å²) in [6.07, 6.45) is 8.00. The Morgan fingerprint density at radius 2 is 1.15 bits per heavy atom. The van der Waals surface area contributed by atoms with Crippen molar-refractivity contribution in [1.82, 2.24) is 9.55 Å². The SMILES string of the molecule is C1=CC2CC2c2c1c1cc(N(c3ccccc3)c3ccc(N(c4ccccc4)c4ccccc4)nc3)ccc1n2-c1ccccc1. The second kappa shape index (κ2) is 10.9. The molecule has 5 aromatic carbocycles. The fraction of sp³-hybridized carbons (Fsp3) is 0.0714. The van der Waals surface area contributed by atoms with E-state index in [4.69, 9.17) is 4.98 Å². The van der Waals surface area contributed by atoms with Crippen LogP contribution in [0.4, 0.5) is 34.3 Å². The number of nitrogens with zero attached hydrogens (tertiary/aromatic N) is 4. The molecule has 2 aromatic heterocycles. The van der Waals surface area contributed by atoms with Crippen LogP contribution in [0, 0.1) is 5.92 Å². The number of allylic oxidation sites excluding steroid dienone is 1. The first kappa shape index (κ1) is 26.5. The van der Waals surface area contributed by atoms with Crippen molar-refractivity contribution >= 4 is 51.2 Å². The van der Waals surface area contributed by atoms with Gasteiger partial charge in [-0.15, -0.1) is 0 Å². The van der Waals surface area contributed by atoms with Crippen LogP contribution in [0.1, 0.15) is 23.6 Å². The number of fused-ring (bicyclic) bond motifs is 5. The summed E-state index contributed by atoms with van der Waals surface area (Å²) in [5.74, 6) is 2.12. The molecule has 0 N–H and O–H groups in total. The summed E-state index contributed by atoms with van der Waals surface area (Å²) in [4.78, 5) is 9.57. The number of hydrogen-bond acceptors (Lipinski definition) is 3. The van der Waals surface area contributed by atoms with Crippen LogP contribution in [0.25, 0.3) is 22.7 Å². The molecule has 2 atom stereocenters. The molecule has 7 aromatic rings. The van der Waals surface area contributed by atoms with Gasteiger partial charge in [0.1, 0.15) is 5.82 Å². The average molecular weight is 593 g/mol. The van der Waals surface area contributed by atoms with E-state index in [0.29, 0.717) is 11.8 Å². The molecule has 0 spiro atoms. The molecule has 0 amide bonds. The van der Waals surface area contributed by atoms with Gasteiger partial charge >= 0.3 is 0 Å². The maximum absolute atomic E-state index is 5.06. The molecule has 220 valence electrons. The summed E-state index contributed by atoms with van der Waals surface area (Å²) < 4.78 is 2.49. The molecule has 4 heteroatoms. The third-order valence-electron chi connectivity index (χ3n) is 9.26. The highest BCUT2D eigenvalue weighted by molar-refractivity contribution is 5.97. The Balaban J connectivity index is 1.17. The fourth-order valence-corrected chi connectivity index (χ4v) is 7.05. The predicted octanol–water partition coefficient (Wildman–Crippen LogP) is 11.1. The number of anilines is 6. The zero-order chi connectivity index (χ0) is 30.5. The summed E-state index contributed by atoms with van der Waals surface area (Å²) in [6.45, 7) is 0. The van der Waals surface area contributed by atoms with Gasteiger partial charge in [0.25, 0.3) is 0 Å². The van der Waals surface area contributed by atoms with Crippen LogP contribution in [0.5, 0.6) is 0 Å². The molecule has 0 saturated heterocycles. The van der Waals surface area contributed by atoms with E-state index in [1.165, 1.54) is 34.3 Å². The molecule has 1 fully saturated rings. The van der Waals surface area contributed by atoms with Gasteiger partial charge in [0.15, 0.2) is 0 Å². The first-order chi connectivity index (χ1) is 22.8. The van der Waals surface area contributed by atoms with Crippen molar-refractivity contribution in [2.24, 2.45) is 5.92 Å². The van der Waals surface area contributed by atoms with E-state index in [9.17, 15) is 0 Å². The Kier molecular flexibility index (Phi) is 6.31. The number of benzene rings is 5. The third kappa shape index (κ3) is 4.50. The Labute approximate surface area is 269 Å². The molecule has 1 saturated carbocycles. The van der Waals surface area contributed by atoms with Gasteiger partial charge in [0.2, 0.25) is 0 Å². The van der Waals surface area contributed by atoms with Crippen molar-refractivity contribution in [3.63, 3.8) is 0 Å². The monoisotopic (exact) mass is 592 g/mol. The van der Waals surface area contributed by atoms with Crippen LogP contribution in [-0.4, -0.2) is 9.55 Å². The molecule has 9 rings (SSSR count). The summed E-state index contributed by atoms with van der Waals surface area (Å²) in [6, 6.07) is 53.4. The van der Waals surface area contributed by atoms with E-state index >= 15 is 0 Å². The molecule has 4 nitrogen and oxygen atoms in total. The molecule has 2 unspecified atom stereocenters. The van der Waals surface area contributed by atoms with Crippen molar-refractivity contribution < 1.29 is 0 Å². The second-order valence-electron chi connectivity index (χ2n) is 12.1. The van der Waals surface area contributed by atoms with Gasteiger partial charge in [0.05, 0.1) is 17.4 Å². The van der Waals surface area contributed by atoms with E-state index < -0.39 is 0 Å². The van der Waals surface area contributed by atoms with Crippen molar-refractivity contribution in [3.05, 3.63) is 175 Å². The predicted molar refractivity (Wildman–Crippen MR) is 190 cm³/mol. The van der Waals surface area contributed by atoms with E-state index in [-0.39, 0.29) is 0 Å². The summed E-state index contributed by atoms with van der Waals surface area (Å²) >= 11 is 0. The molecule has 46 heavy (non-hydrogen) atoms. The van der Waals surface area contributed by atoms with E-state index in [0.717, 1.165) is 34.3 Å². The molecular weight excluding hydrogens is 560 g/mol. The topological polar surface area (TPSA) is 24.3 Å². The molecule has 0 radical (unpaired) electrons. The average Bonchev–Trinajstić information content (AvgIpc) is 3.85. The maximum Gasteiger partial charge on any atom is 0.137 e. The van der Waals surface area contributed by atoms with Crippen LogP contribution in [0.3, 0.4) is 0 Å². The summed E-state index contributed by atoms with van der Waals surface area (Å²) in [5.41, 5.74) is 10.6. The number of pyridine rings is 1. The molecule has 2 aliphatic carbocycles. The maximum atomic E-state index is 5.06. The molecule has 2 heterocycles. The zero-order valence-corrected chi connectivity index (χ0v) is 25.3. The van der Waals surface area contributed by atoms with Gasteiger partial charge in [-0.3, -0.25) is 4.90 Å². The first-order valence-corrected chi connectivity index (χ1v) is 16.0. The van der Waals surface area contributed by atoms with Crippen LogP contribution < -0.4 is 9.80 Å². The van der Waals surface area contributed by atoms with Gasteiger partial charge in [-0.2, -0.15) is 0 Å². The highest BCUT2D eigenvalue weighted by Gasteiger charge is 2.43. The second-order valence-corrected chi connectivity index (χ2v) is 12.1. The lowest BCUT2D eigenvalue weighted by atomic mass is 10.0. The van der Waals surface area contributed by atoms with Crippen molar-refractivity contribution in [1.29, 1.82) is 0 Å². The quantitative estimate of drug-likeness (QED) is 0.184. The highest BCUT2D eigenvalue weighted by Crippen LogP contribution is 2.55. The van der Waals surface area contributed by atoms with Gasteiger partial charge in [-0.25, -0.2) is 4.98 Å². The Morgan fingerprint density at radius 1 is 0.565 bits per heavy atom. The smallest absolute Gasteiger partial charge is 0.137 e. The zero-order valence-electron chi connectivity index (χ0n) is 25.3. The van der Waals surface area contributed by atoms with Crippen LogP contribution in [0.15, 0.2) is 164 Å². The number of aromatic nitrogens is 2. The molecular formula is C42H32N4. The van der Waals surface area contributed by atoms with Gasteiger partial charge < -0.3 is 9.47 Å². The van der Waals surface area contributed by atoms with E-state index in [1.807, 2.05) is 18.3 Å². The van der Waals surface area contributed by atoms with E-state index in [2.05, 4.69) is 166 Å². The normalized spacial score (nSPS) is 16.1. The van der Waals surface area contributed by atoms with Crippen molar-refractivity contribution in [2.75, 3.05) is 9.80 Å². The summed E-state index contributed by atoms with van der Waals surface area (Å²) in [5, 5.41) is 1.28. The number of hydrogen-bond donors (Lipinski definition) is 0. The Bertz CT molecular complexity index is 2130. The molecule has 0 aliphatic heterocycles. The number of rotatable bonds is 7. The Hall–Kier alpha value is -5.87. The summed E-state index contributed by atoms with van der Waals surface area (Å²) in [7, 11) is 0. The van der Waals surface area contributed by atoms with Crippen molar-refractivity contribution in [2.45, 2.75) is 12.3 Å². The molecule has 0 bridgehead atoms. The lowest BCUT2D eigenvalue weighted by molar-refractivity contribution is 0.896. The lowest BCUT2D eigenvalue weighted by Crippen LogP contribution is -2.13. The standard InChI is InChI=1S/C42H32N4/c1-5-13-31(14-6-1)44(36-23-26-41(43-29-36)45(32-15-7-2-8-16-32)33-17-9-3-10-18-33)35-22-25-40-39(28-35)37-24-21-30-27-38(30)42(37)46(40)34-19-11-4-12-20-34/h1-26,28-30,38H,27H2. The third-order valence-corrected chi connectivity index (χ3v) is 9.26. The largest absolute Gasteiger partial charge is 0.313 e. The highest BCUT2D eigenvalue weighted by atomic mass is 15.2. The minimum atomic E-state index is 0.593. The fourth-order valence-electron chi connectivity index (χ4n) is 7.05. The minimum Gasteiger partial charge on any atom is -0.313 e. The van der Waals surface area contributed by atoms with Gasteiger partial charge in [0, 0.05) is 51.0 Å². The molecule has 2 aliphatic rings.